The molecule has 0 bridgehead atoms. The number of aromatic nitrogens is 1. The molecule has 31 heavy (non-hydrogen) atoms. The first-order valence-corrected chi connectivity index (χ1v) is 11.2. The van der Waals surface area contributed by atoms with Gasteiger partial charge in [-0.25, -0.2) is 0 Å². The second-order valence-electron chi connectivity index (χ2n) is 8.22. The Bertz CT molecular complexity index is 1130. The molecule has 1 aliphatic rings. The normalized spacial score (nSPS) is 18.8. The summed E-state index contributed by atoms with van der Waals surface area (Å²) in [5.74, 6) is 0.405. The van der Waals surface area contributed by atoms with Crippen molar-refractivity contribution in [3.8, 4) is 17.2 Å². The molecule has 5 nitrogen and oxygen atoms in total. The molecule has 1 atom stereocenters. The van der Waals surface area contributed by atoms with Gasteiger partial charge < -0.3 is 4.90 Å². The highest BCUT2D eigenvalue weighted by molar-refractivity contribution is 7.10. The van der Waals surface area contributed by atoms with Crippen LogP contribution in [0.1, 0.15) is 42.3 Å². The third kappa shape index (κ3) is 4.57. The maximum Gasteiger partial charge on any atom is 0.228 e. The molecule has 3 aromatic rings. The zero-order chi connectivity index (χ0) is 21.8. The molecule has 4 rings (SSSR count). The van der Waals surface area contributed by atoms with E-state index in [1.807, 2.05) is 36.4 Å². The lowest BCUT2D eigenvalue weighted by atomic mass is 9.77. The Hall–Kier alpha value is -3.30. The summed E-state index contributed by atoms with van der Waals surface area (Å²) in [6.45, 7) is 2.63. The van der Waals surface area contributed by atoms with Crippen LogP contribution >= 0.6 is 11.3 Å². The van der Waals surface area contributed by atoms with E-state index in [0.29, 0.717) is 30.8 Å². The number of hydrogen-bond acceptors (Lipinski definition) is 5. The maximum absolute atomic E-state index is 12.9. The molecule has 0 saturated carbocycles. The molecule has 6 heteroatoms. The number of likely N-dealkylation sites (tertiary alicyclic amines) is 1. The van der Waals surface area contributed by atoms with Crippen LogP contribution in [0.5, 0.6) is 0 Å². The average Bonchev–Trinajstić information content (AvgIpc) is 3.28. The van der Waals surface area contributed by atoms with Gasteiger partial charge in [-0.05, 0) is 59.7 Å². The Morgan fingerprint density at radius 2 is 2.06 bits per heavy atom. The minimum Gasteiger partial charge on any atom is -0.301 e. The van der Waals surface area contributed by atoms with Gasteiger partial charge in [-0.15, -0.1) is 11.3 Å². The second-order valence-corrected chi connectivity index (χ2v) is 9.13. The number of pyridine rings is 1. The lowest BCUT2D eigenvalue weighted by molar-refractivity contribution is -0.130. The average molecular weight is 429 g/mol. The molecule has 0 aliphatic carbocycles. The lowest BCUT2D eigenvalue weighted by Crippen LogP contribution is -2.48. The quantitative estimate of drug-likeness (QED) is 0.588. The van der Waals surface area contributed by atoms with Crippen molar-refractivity contribution in [2.24, 2.45) is 0 Å². The van der Waals surface area contributed by atoms with Crippen LogP contribution in [0.3, 0.4) is 0 Å². The van der Waals surface area contributed by atoms with Crippen LogP contribution in [-0.4, -0.2) is 28.2 Å². The summed E-state index contributed by atoms with van der Waals surface area (Å²) in [5, 5.41) is 19.8. The molecule has 0 spiro atoms. The number of piperidine rings is 1. The first kappa shape index (κ1) is 21.0. The van der Waals surface area contributed by atoms with E-state index < -0.39 is 0 Å². The minimum absolute atomic E-state index is 0.0150. The topological polar surface area (TPSA) is 80.8 Å². The van der Waals surface area contributed by atoms with Crippen LogP contribution in [0.4, 0.5) is 0 Å². The number of carbonyl (C=O) groups is 1. The maximum atomic E-state index is 12.9. The highest BCUT2D eigenvalue weighted by atomic mass is 32.1. The lowest BCUT2D eigenvalue weighted by Gasteiger charge is -2.38. The summed E-state index contributed by atoms with van der Waals surface area (Å²) < 4.78 is 0. The van der Waals surface area contributed by atoms with Gasteiger partial charge in [-0.1, -0.05) is 25.1 Å². The molecule has 156 valence electrons. The van der Waals surface area contributed by atoms with Gasteiger partial charge in [0.1, 0.15) is 5.84 Å². The van der Waals surface area contributed by atoms with Crippen molar-refractivity contribution in [1.82, 2.24) is 9.88 Å². The third-order valence-corrected chi connectivity index (χ3v) is 7.02. The van der Waals surface area contributed by atoms with E-state index in [0.717, 1.165) is 34.5 Å². The van der Waals surface area contributed by atoms with Gasteiger partial charge in [0.25, 0.3) is 0 Å². The predicted molar refractivity (Wildman–Crippen MR) is 123 cm³/mol. The van der Waals surface area contributed by atoms with Crippen molar-refractivity contribution >= 4 is 23.1 Å². The van der Waals surface area contributed by atoms with Gasteiger partial charge in [-0.3, -0.25) is 15.2 Å². The van der Waals surface area contributed by atoms with Crippen LogP contribution in [-0.2, 0) is 16.6 Å². The first-order valence-electron chi connectivity index (χ1n) is 10.4. The number of rotatable bonds is 6. The summed E-state index contributed by atoms with van der Waals surface area (Å²) in [7, 11) is 0. The van der Waals surface area contributed by atoms with Gasteiger partial charge >= 0.3 is 0 Å². The number of amides is 1. The number of nitriles is 1. The van der Waals surface area contributed by atoms with E-state index in [1.54, 1.807) is 28.5 Å². The Morgan fingerprint density at radius 3 is 2.81 bits per heavy atom. The van der Waals surface area contributed by atoms with E-state index in [2.05, 4.69) is 29.4 Å². The first-order chi connectivity index (χ1) is 15.0. The molecular formula is C25H24N4OS. The summed E-state index contributed by atoms with van der Waals surface area (Å²) in [4.78, 5) is 20.0. The molecule has 2 aromatic heterocycles. The summed E-state index contributed by atoms with van der Waals surface area (Å²) in [6, 6.07) is 17.7. The van der Waals surface area contributed by atoms with Crippen molar-refractivity contribution < 1.29 is 4.79 Å². The number of carbonyl (C=O) groups excluding carboxylic acids is 1. The SMILES string of the molecule is C[C@]1(c2cc(-c3cccc(C#N)c3)cs2)CC(=N)N(CCCc2ccccn2)C(=O)C1. The van der Waals surface area contributed by atoms with Crippen LogP contribution in [0.15, 0.2) is 60.1 Å². The number of nitrogens with one attached hydrogen (secondary N) is 1. The largest absolute Gasteiger partial charge is 0.301 e. The minimum atomic E-state index is -0.374. The van der Waals surface area contributed by atoms with Crippen LogP contribution in [0.2, 0.25) is 0 Å². The Labute approximate surface area is 186 Å². The Morgan fingerprint density at radius 1 is 1.19 bits per heavy atom. The second kappa shape index (κ2) is 8.83. The van der Waals surface area contributed by atoms with E-state index >= 15 is 0 Å². The number of nitrogens with zero attached hydrogens (tertiary/aromatic N) is 3. The predicted octanol–water partition coefficient (Wildman–Crippen LogP) is 5.17. The fourth-order valence-electron chi connectivity index (χ4n) is 4.08. The summed E-state index contributed by atoms with van der Waals surface area (Å²) >= 11 is 1.63. The Balaban J connectivity index is 1.44. The van der Waals surface area contributed by atoms with E-state index in [1.165, 1.54) is 0 Å². The number of aryl methyl sites for hydroxylation is 1. The summed E-state index contributed by atoms with van der Waals surface area (Å²) in [6.07, 6.45) is 4.31. The van der Waals surface area contributed by atoms with Gasteiger partial charge in [0.05, 0.1) is 11.6 Å². The third-order valence-electron chi connectivity index (χ3n) is 5.79. The standard InChI is InChI=1S/C25H24N4OS/c1-25(22-13-20(17-31-22)19-7-4-6-18(12-19)16-26)14-23(27)29(24(30)15-25)11-5-9-21-8-2-3-10-28-21/h2-4,6-8,10,12-13,17,27H,5,9,11,14-15H2,1H3/t25-/m0/s1. The fourth-order valence-corrected chi connectivity index (χ4v) is 5.16. The molecule has 1 aromatic carbocycles. The molecule has 0 radical (unpaired) electrons. The molecule has 1 amide bonds. The van der Waals surface area contributed by atoms with Crippen LogP contribution < -0.4 is 0 Å². The van der Waals surface area contributed by atoms with Crippen LogP contribution in [0.25, 0.3) is 11.1 Å². The molecule has 1 aliphatic heterocycles. The summed E-state index contributed by atoms with van der Waals surface area (Å²) in [5.41, 5.74) is 3.32. The molecule has 1 N–H and O–H groups in total. The van der Waals surface area contributed by atoms with E-state index in [4.69, 9.17) is 10.7 Å². The van der Waals surface area contributed by atoms with Crippen molar-refractivity contribution in [3.63, 3.8) is 0 Å². The smallest absolute Gasteiger partial charge is 0.228 e. The molecular weight excluding hydrogens is 404 g/mol. The van der Waals surface area contributed by atoms with Gasteiger partial charge in [0.15, 0.2) is 0 Å². The van der Waals surface area contributed by atoms with Gasteiger partial charge in [0.2, 0.25) is 5.91 Å². The van der Waals surface area contributed by atoms with Gasteiger partial charge in [0, 0.05) is 41.6 Å². The zero-order valence-corrected chi connectivity index (χ0v) is 18.3. The molecule has 3 heterocycles. The van der Waals surface area contributed by atoms with Crippen molar-refractivity contribution in [1.29, 1.82) is 10.7 Å². The van der Waals surface area contributed by atoms with Crippen LogP contribution in [0, 0.1) is 16.7 Å². The molecule has 0 unspecified atom stereocenters. The van der Waals surface area contributed by atoms with Crippen molar-refractivity contribution in [2.45, 2.75) is 38.0 Å². The number of benzene rings is 1. The van der Waals surface area contributed by atoms with Crippen molar-refractivity contribution in [2.75, 3.05) is 6.54 Å². The highest BCUT2D eigenvalue weighted by Crippen LogP contribution is 2.41. The van der Waals surface area contributed by atoms with Crippen molar-refractivity contribution in [3.05, 3.63) is 76.2 Å². The number of thiophene rings is 1. The number of amidine groups is 1. The molecule has 1 saturated heterocycles. The zero-order valence-electron chi connectivity index (χ0n) is 17.5. The van der Waals surface area contributed by atoms with E-state index in [9.17, 15) is 4.79 Å². The Kier molecular flexibility index (Phi) is 5.97. The van der Waals surface area contributed by atoms with Gasteiger partial charge in [-0.2, -0.15) is 5.26 Å². The molecule has 1 fully saturated rings. The van der Waals surface area contributed by atoms with E-state index in [-0.39, 0.29) is 11.3 Å². The highest BCUT2D eigenvalue weighted by Gasteiger charge is 2.40. The fraction of sp³-hybridized carbons (Fsp3) is 0.280. The number of hydrogen-bond donors (Lipinski definition) is 1. The monoisotopic (exact) mass is 428 g/mol.